The van der Waals surface area contributed by atoms with Gasteiger partial charge in [0.1, 0.15) is 23.1 Å². The number of hydrogen-bond donors (Lipinski definition) is 2. The van der Waals surface area contributed by atoms with Crippen molar-refractivity contribution in [2.75, 3.05) is 14.2 Å². The van der Waals surface area contributed by atoms with Crippen molar-refractivity contribution < 1.29 is 24.3 Å². The average molecular weight is 280 g/mol. The van der Waals surface area contributed by atoms with Gasteiger partial charge in [-0.25, -0.2) is 5.06 Å². The van der Waals surface area contributed by atoms with E-state index in [2.05, 4.69) is 5.32 Å². The van der Waals surface area contributed by atoms with Gasteiger partial charge in [0, 0.05) is 0 Å². The molecule has 2 N–H and O–H groups in total. The zero-order valence-corrected chi connectivity index (χ0v) is 11.4. The van der Waals surface area contributed by atoms with Crippen molar-refractivity contribution in [2.45, 2.75) is 19.0 Å². The summed E-state index contributed by atoms with van der Waals surface area (Å²) in [6.45, 7) is 1.63. The summed E-state index contributed by atoms with van der Waals surface area (Å²) >= 11 is 0. The third kappa shape index (κ3) is 2.16. The van der Waals surface area contributed by atoms with Crippen LogP contribution in [0.3, 0.4) is 0 Å². The Bertz CT molecular complexity index is 523. The molecule has 7 nitrogen and oxygen atoms in total. The van der Waals surface area contributed by atoms with Gasteiger partial charge < -0.3 is 14.8 Å². The molecule has 0 aromatic heterocycles. The third-order valence-corrected chi connectivity index (χ3v) is 3.30. The van der Waals surface area contributed by atoms with Gasteiger partial charge >= 0.3 is 0 Å². The number of carbonyl (C=O) groups excluding carboxylic acids is 2. The highest BCUT2D eigenvalue weighted by Crippen LogP contribution is 2.28. The lowest BCUT2D eigenvalue weighted by Gasteiger charge is -2.40. The summed E-state index contributed by atoms with van der Waals surface area (Å²) in [5.41, 5.74) is 0.217. The number of hydrogen-bond acceptors (Lipinski definition) is 5. The third-order valence-electron chi connectivity index (χ3n) is 3.30. The van der Waals surface area contributed by atoms with Crippen molar-refractivity contribution in [2.24, 2.45) is 0 Å². The van der Waals surface area contributed by atoms with Gasteiger partial charge in [0.25, 0.3) is 11.8 Å². The first-order valence-corrected chi connectivity index (χ1v) is 6.05. The van der Waals surface area contributed by atoms with Gasteiger partial charge in [-0.05, 0) is 19.1 Å². The van der Waals surface area contributed by atoms with Gasteiger partial charge in [-0.15, -0.1) is 0 Å². The van der Waals surface area contributed by atoms with Gasteiger partial charge in [-0.1, -0.05) is 6.07 Å². The second-order valence-corrected chi connectivity index (χ2v) is 4.41. The second-order valence-electron chi connectivity index (χ2n) is 4.41. The quantitative estimate of drug-likeness (QED) is 0.616. The van der Waals surface area contributed by atoms with Gasteiger partial charge in [0.15, 0.2) is 0 Å². The minimum atomic E-state index is -0.748. The Morgan fingerprint density at radius 2 is 1.85 bits per heavy atom. The fraction of sp³-hybridized carbons (Fsp3) is 0.385. The molecule has 108 valence electrons. The van der Waals surface area contributed by atoms with Crippen LogP contribution < -0.4 is 14.8 Å². The van der Waals surface area contributed by atoms with Crippen LogP contribution in [0, 0.1) is 0 Å². The second kappa shape index (κ2) is 5.38. The van der Waals surface area contributed by atoms with Crippen LogP contribution in [-0.2, 0) is 4.79 Å². The molecular weight excluding hydrogens is 264 g/mol. The molecule has 0 aliphatic carbocycles. The molecule has 1 aromatic carbocycles. The first kappa shape index (κ1) is 14.1. The summed E-state index contributed by atoms with van der Waals surface area (Å²) in [4.78, 5) is 23.7. The Morgan fingerprint density at radius 1 is 1.30 bits per heavy atom. The molecule has 2 atom stereocenters. The highest BCUT2D eigenvalue weighted by atomic mass is 16.5. The molecule has 20 heavy (non-hydrogen) atoms. The van der Waals surface area contributed by atoms with Crippen molar-refractivity contribution in [1.82, 2.24) is 10.4 Å². The Morgan fingerprint density at radius 3 is 2.30 bits per heavy atom. The molecule has 2 amide bonds. The number of amides is 2. The standard InChI is InChI=1S/C13H16N2O5/c1-7-11(13(17)15(7)18)14-12(16)10-8(19-2)5-4-6-9(10)20-3/h4-7,11,18H,1-3H3,(H,14,16)/t7?,11-/m0/s1. The first-order valence-electron chi connectivity index (χ1n) is 6.05. The number of nitrogens with zero attached hydrogens (tertiary/aromatic N) is 1. The molecule has 1 unspecified atom stereocenters. The molecule has 0 radical (unpaired) electrons. The van der Waals surface area contributed by atoms with Crippen LogP contribution >= 0.6 is 0 Å². The van der Waals surface area contributed by atoms with Gasteiger partial charge in [-0.3, -0.25) is 14.8 Å². The molecule has 0 spiro atoms. The summed E-state index contributed by atoms with van der Waals surface area (Å²) in [5.74, 6) is -0.332. The summed E-state index contributed by atoms with van der Waals surface area (Å²) in [5, 5.41) is 12.4. The highest BCUT2D eigenvalue weighted by molar-refractivity contribution is 6.03. The maximum Gasteiger partial charge on any atom is 0.271 e. The summed E-state index contributed by atoms with van der Waals surface area (Å²) in [7, 11) is 2.89. The molecule has 7 heteroatoms. The van der Waals surface area contributed by atoms with Crippen molar-refractivity contribution >= 4 is 11.8 Å². The fourth-order valence-electron chi connectivity index (χ4n) is 2.08. The Labute approximate surface area is 116 Å². The monoisotopic (exact) mass is 280 g/mol. The van der Waals surface area contributed by atoms with E-state index in [0.29, 0.717) is 16.6 Å². The molecule has 0 bridgehead atoms. The van der Waals surface area contributed by atoms with Crippen LogP contribution in [0.4, 0.5) is 0 Å². The largest absolute Gasteiger partial charge is 0.496 e. The highest BCUT2D eigenvalue weighted by Gasteiger charge is 2.45. The van der Waals surface area contributed by atoms with Crippen LogP contribution in [-0.4, -0.2) is 48.4 Å². The van der Waals surface area contributed by atoms with Crippen molar-refractivity contribution in [1.29, 1.82) is 0 Å². The van der Waals surface area contributed by atoms with Crippen LogP contribution in [0.5, 0.6) is 11.5 Å². The molecule has 1 saturated heterocycles. The van der Waals surface area contributed by atoms with Crippen molar-refractivity contribution in [3.8, 4) is 11.5 Å². The predicted molar refractivity (Wildman–Crippen MR) is 68.9 cm³/mol. The Kier molecular flexibility index (Phi) is 3.80. The van der Waals surface area contributed by atoms with Crippen LogP contribution in [0.2, 0.25) is 0 Å². The van der Waals surface area contributed by atoms with E-state index in [1.165, 1.54) is 14.2 Å². The summed E-state index contributed by atoms with van der Waals surface area (Å²) in [6, 6.07) is 3.74. The SMILES string of the molecule is COc1cccc(OC)c1C(=O)N[C@@H]1C(=O)N(O)C1C. The molecule has 0 saturated carbocycles. The van der Waals surface area contributed by atoms with Gasteiger partial charge in [0.2, 0.25) is 0 Å². The molecule has 2 rings (SSSR count). The van der Waals surface area contributed by atoms with E-state index in [-0.39, 0.29) is 5.56 Å². The van der Waals surface area contributed by atoms with E-state index in [4.69, 9.17) is 9.47 Å². The lowest BCUT2D eigenvalue weighted by Crippen LogP contribution is -2.68. The van der Waals surface area contributed by atoms with E-state index in [1.807, 2.05) is 0 Å². The van der Waals surface area contributed by atoms with Crippen LogP contribution in [0.25, 0.3) is 0 Å². The van der Waals surface area contributed by atoms with Gasteiger partial charge in [0.05, 0.1) is 20.3 Å². The molecule has 1 aliphatic heterocycles. The normalized spacial score (nSPS) is 21.2. The summed E-state index contributed by atoms with van der Waals surface area (Å²) in [6.07, 6.45) is 0. The van der Waals surface area contributed by atoms with E-state index >= 15 is 0 Å². The Balaban J connectivity index is 2.23. The molecule has 1 heterocycles. The number of nitrogens with one attached hydrogen (secondary N) is 1. The lowest BCUT2D eigenvalue weighted by molar-refractivity contribution is -0.206. The first-order chi connectivity index (χ1) is 9.51. The minimum absolute atomic E-state index is 0.217. The topological polar surface area (TPSA) is 88.1 Å². The van der Waals surface area contributed by atoms with Crippen LogP contribution in [0.15, 0.2) is 18.2 Å². The molecular formula is C13H16N2O5. The van der Waals surface area contributed by atoms with Crippen LogP contribution in [0.1, 0.15) is 17.3 Å². The van der Waals surface area contributed by atoms with E-state index in [0.717, 1.165) is 0 Å². The number of hydroxylamine groups is 2. The molecule has 1 fully saturated rings. The average Bonchev–Trinajstić information content (AvgIpc) is 2.50. The number of β-lactam (4-membered cyclic amide) rings is 1. The smallest absolute Gasteiger partial charge is 0.271 e. The van der Waals surface area contributed by atoms with Crippen molar-refractivity contribution in [3.63, 3.8) is 0 Å². The zero-order valence-electron chi connectivity index (χ0n) is 11.4. The number of methoxy groups -OCH3 is 2. The number of benzene rings is 1. The summed E-state index contributed by atoms with van der Waals surface area (Å²) < 4.78 is 10.3. The van der Waals surface area contributed by atoms with E-state index in [1.54, 1.807) is 25.1 Å². The number of ether oxygens (including phenoxy) is 2. The minimum Gasteiger partial charge on any atom is -0.496 e. The van der Waals surface area contributed by atoms with E-state index in [9.17, 15) is 14.8 Å². The zero-order chi connectivity index (χ0) is 14.9. The van der Waals surface area contributed by atoms with E-state index < -0.39 is 23.9 Å². The number of carbonyl (C=O) groups is 2. The Hall–Kier alpha value is -2.28. The van der Waals surface area contributed by atoms with Gasteiger partial charge in [-0.2, -0.15) is 0 Å². The number of rotatable bonds is 4. The maximum absolute atomic E-state index is 12.3. The fourth-order valence-corrected chi connectivity index (χ4v) is 2.08. The maximum atomic E-state index is 12.3. The lowest BCUT2D eigenvalue weighted by atomic mass is 9.99. The molecule has 1 aromatic rings. The molecule has 1 aliphatic rings. The van der Waals surface area contributed by atoms with Crippen molar-refractivity contribution in [3.05, 3.63) is 23.8 Å². The predicted octanol–water partition coefficient (Wildman–Crippen LogP) is 0.422.